The lowest BCUT2D eigenvalue weighted by Crippen LogP contribution is -2.34. The van der Waals surface area contributed by atoms with Gasteiger partial charge in [0.15, 0.2) is 5.75 Å². The van der Waals surface area contributed by atoms with Crippen LogP contribution in [0, 0.1) is 12.1 Å². The number of likely N-dealkylation sites (N-methyl/N-ethyl adjacent to an activating group) is 1. The van der Waals surface area contributed by atoms with Crippen molar-refractivity contribution in [1.29, 1.82) is 0 Å². The molecule has 0 aliphatic carbocycles. The second-order valence-corrected chi connectivity index (χ2v) is 8.37. The van der Waals surface area contributed by atoms with Crippen LogP contribution < -0.4 is 10.1 Å². The number of aromatic nitrogens is 2. The highest BCUT2D eigenvalue weighted by Crippen LogP contribution is 2.38. The lowest BCUT2D eigenvalue weighted by atomic mass is 10.0. The molecular formula is C22H23N5O2S. The number of nitrogens with one attached hydrogen (secondary N) is 1. The van der Waals surface area contributed by atoms with Crippen LogP contribution in [-0.2, 0) is 17.8 Å². The molecule has 0 spiro atoms. The first kappa shape index (κ1) is 20.1. The first-order valence-electron chi connectivity index (χ1n) is 9.65. The van der Waals surface area contributed by atoms with Crippen molar-refractivity contribution in [2.45, 2.75) is 13.0 Å². The Kier molecular flexibility index (Phi) is 5.84. The van der Waals surface area contributed by atoms with E-state index in [1.165, 1.54) is 10.4 Å². The van der Waals surface area contributed by atoms with Gasteiger partial charge >= 0.3 is 0 Å². The molecular weight excluding hydrogens is 398 g/mol. The topological polar surface area (TPSA) is 70.6 Å². The summed E-state index contributed by atoms with van der Waals surface area (Å²) < 4.78 is 5.23. The number of carbonyl (C=O) groups is 1. The fourth-order valence-electron chi connectivity index (χ4n) is 3.40. The molecule has 3 heterocycles. The summed E-state index contributed by atoms with van der Waals surface area (Å²) in [6, 6.07) is 9.49. The van der Waals surface area contributed by atoms with E-state index in [4.69, 9.17) is 4.74 Å². The molecule has 3 aromatic rings. The van der Waals surface area contributed by atoms with Gasteiger partial charge in [0.25, 0.3) is 0 Å². The molecule has 0 radical (unpaired) electrons. The van der Waals surface area contributed by atoms with Crippen LogP contribution in [0.2, 0.25) is 0 Å². The number of carbonyl (C=O) groups excluding carboxylic acids is 1. The van der Waals surface area contributed by atoms with Crippen molar-refractivity contribution in [3.8, 4) is 5.75 Å². The number of amides is 1. The second kappa shape index (κ2) is 8.69. The van der Waals surface area contributed by atoms with E-state index in [-0.39, 0.29) is 5.91 Å². The molecule has 0 fully saturated rings. The summed E-state index contributed by atoms with van der Waals surface area (Å²) in [5.74, 6) is 1.41. The Morgan fingerprint density at radius 3 is 3.10 bits per heavy atom. The zero-order valence-corrected chi connectivity index (χ0v) is 18.0. The highest BCUT2D eigenvalue weighted by molar-refractivity contribution is 7.19. The fourth-order valence-corrected chi connectivity index (χ4v) is 4.61. The first-order chi connectivity index (χ1) is 14.5. The van der Waals surface area contributed by atoms with Gasteiger partial charge in [-0.2, -0.15) is 0 Å². The Morgan fingerprint density at radius 2 is 2.30 bits per heavy atom. The summed E-state index contributed by atoms with van der Waals surface area (Å²) in [5, 5.41) is 4.39. The number of nitrogens with zero attached hydrogens (tertiary/aromatic N) is 4. The number of rotatable bonds is 6. The van der Waals surface area contributed by atoms with Crippen LogP contribution in [0.4, 0.5) is 11.5 Å². The molecule has 1 amide bonds. The highest BCUT2D eigenvalue weighted by Gasteiger charge is 2.25. The molecule has 0 unspecified atom stereocenters. The first-order valence-corrected chi connectivity index (χ1v) is 10.5. The molecule has 1 aliphatic heterocycles. The van der Waals surface area contributed by atoms with E-state index in [1.807, 2.05) is 36.0 Å². The number of methoxy groups -OCH3 is 1. The molecule has 2 aromatic heterocycles. The van der Waals surface area contributed by atoms with Crippen LogP contribution in [0.25, 0.3) is 10.2 Å². The quantitative estimate of drug-likeness (QED) is 0.617. The van der Waals surface area contributed by atoms with Gasteiger partial charge in [-0.15, -0.1) is 11.3 Å². The van der Waals surface area contributed by atoms with Crippen molar-refractivity contribution < 1.29 is 9.53 Å². The largest absolute Gasteiger partial charge is 0.489 e. The summed E-state index contributed by atoms with van der Waals surface area (Å²) in [6.07, 6.45) is 5.92. The lowest BCUT2D eigenvalue weighted by molar-refractivity contribution is -0.126. The van der Waals surface area contributed by atoms with Gasteiger partial charge in [0.2, 0.25) is 5.91 Å². The number of thiophene rings is 1. The standard InChI is InChI=1S/C22H23N5O2S/c1-26(2)10-5-8-19(28)27-11-9-17-18(13-27)30-22-20(17)21(23-14-24-22)25-15-6-4-7-16(12-15)29-3/h5-6,8,12,14H,9-11,13H2,1-3H3,(H,23,24,25)/b8-5+. The molecule has 1 aliphatic rings. The minimum atomic E-state index is 0.0487. The monoisotopic (exact) mass is 421 g/mol. The van der Waals surface area contributed by atoms with Gasteiger partial charge in [-0.25, -0.2) is 9.97 Å². The van der Waals surface area contributed by atoms with Gasteiger partial charge < -0.3 is 19.9 Å². The molecule has 154 valence electrons. The summed E-state index contributed by atoms with van der Waals surface area (Å²) in [4.78, 5) is 27.5. The summed E-state index contributed by atoms with van der Waals surface area (Å²) in [5.41, 5.74) is 2.04. The number of fused-ring (bicyclic) bond motifs is 3. The SMILES string of the molecule is COc1c#ccc(Nc2ncnc3sc4c(c23)CCN(C(=O)/C=C/CN(C)C)C4)c1. The van der Waals surface area contributed by atoms with E-state index in [0.29, 0.717) is 18.8 Å². The van der Waals surface area contributed by atoms with Crippen LogP contribution in [0.3, 0.4) is 0 Å². The highest BCUT2D eigenvalue weighted by atomic mass is 32.1. The van der Waals surface area contributed by atoms with Gasteiger partial charge in [-0.3, -0.25) is 4.79 Å². The lowest BCUT2D eigenvalue weighted by Gasteiger charge is -2.26. The van der Waals surface area contributed by atoms with Crippen LogP contribution >= 0.6 is 11.3 Å². The minimum Gasteiger partial charge on any atom is -0.489 e. The van der Waals surface area contributed by atoms with Crippen LogP contribution in [0.5, 0.6) is 5.75 Å². The zero-order chi connectivity index (χ0) is 21.1. The minimum absolute atomic E-state index is 0.0487. The molecule has 0 saturated carbocycles. The Labute approximate surface area is 180 Å². The molecule has 7 nitrogen and oxygen atoms in total. The van der Waals surface area contributed by atoms with E-state index in [0.717, 1.165) is 34.7 Å². The van der Waals surface area contributed by atoms with Crippen molar-refractivity contribution in [3.05, 3.63) is 53.2 Å². The van der Waals surface area contributed by atoms with Crippen molar-refractivity contribution in [1.82, 2.24) is 19.8 Å². The van der Waals surface area contributed by atoms with Crippen molar-refractivity contribution >= 4 is 39.0 Å². The van der Waals surface area contributed by atoms with Crippen LogP contribution in [-0.4, -0.2) is 60.0 Å². The number of hydrogen-bond acceptors (Lipinski definition) is 7. The van der Waals surface area contributed by atoms with E-state index in [2.05, 4.69) is 27.4 Å². The molecule has 0 bridgehead atoms. The van der Waals surface area contributed by atoms with E-state index < -0.39 is 0 Å². The molecule has 0 saturated heterocycles. The average Bonchev–Trinajstić information content (AvgIpc) is 3.12. The molecule has 30 heavy (non-hydrogen) atoms. The summed E-state index contributed by atoms with van der Waals surface area (Å²) >= 11 is 1.63. The maximum Gasteiger partial charge on any atom is 0.246 e. The smallest absolute Gasteiger partial charge is 0.246 e. The Hall–Kier alpha value is -3.15. The van der Waals surface area contributed by atoms with Gasteiger partial charge in [-0.1, -0.05) is 12.1 Å². The second-order valence-electron chi connectivity index (χ2n) is 7.29. The van der Waals surface area contributed by atoms with E-state index in [9.17, 15) is 4.79 Å². The number of anilines is 2. The number of hydrogen-bond donors (Lipinski definition) is 1. The number of ether oxygens (including phenoxy) is 1. The van der Waals surface area contributed by atoms with Crippen LogP contribution in [0.15, 0.2) is 30.6 Å². The normalized spacial score (nSPS) is 13.5. The van der Waals surface area contributed by atoms with Gasteiger partial charge in [-0.05, 0) is 32.1 Å². The molecule has 0 atom stereocenters. The molecule has 8 heteroatoms. The third-order valence-electron chi connectivity index (χ3n) is 4.87. The Morgan fingerprint density at radius 1 is 1.43 bits per heavy atom. The Balaban J connectivity index is 1.58. The predicted molar refractivity (Wildman–Crippen MR) is 118 cm³/mol. The predicted octanol–water partition coefficient (Wildman–Crippen LogP) is 3.05. The van der Waals surface area contributed by atoms with Gasteiger partial charge in [0, 0.05) is 36.2 Å². The summed E-state index contributed by atoms with van der Waals surface area (Å²) in [6.45, 7) is 2.03. The third-order valence-corrected chi connectivity index (χ3v) is 6.00. The van der Waals surface area contributed by atoms with Gasteiger partial charge in [0.1, 0.15) is 17.0 Å². The van der Waals surface area contributed by atoms with Gasteiger partial charge in [0.05, 0.1) is 24.7 Å². The van der Waals surface area contributed by atoms with E-state index >= 15 is 0 Å². The Bertz CT molecular complexity index is 1090. The molecule has 4 rings (SSSR count). The maximum atomic E-state index is 12.5. The van der Waals surface area contributed by atoms with E-state index in [1.54, 1.807) is 36.9 Å². The van der Waals surface area contributed by atoms with Crippen molar-refractivity contribution in [2.75, 3.05) is 39.6 Å². The zero-order valence-electron chi connectivity index (χ0n) is 17.2. The maximum absolute atomic E-state index is 12.5. The average molecular weight is 422 g/mol. The fraction of sp³-hybridized carbons (Fsp3) is 0.318. The summed E-state index contributed by atoms with van der Waals surface area (Å²) in [7, 11) is 5.56. The molecule has 1 N–H and O–H groups in total. The molecule has 1 aromatic carbocycles. The van der Waals surface area contributed by atoms with Crippen LogP contribution in [0.1, 0.15) is 10.4 Å². The van der Waals surface area contributed by atoms with Crippen molar-refractivity contribution in [2.24, 2.45) is 0 Å². The van der Waals surface area contributed by atoms with Crippen molar-refractivity contribution in [3.63, 3.8) is 0 Å². The third kappa shape index (κ3) is 4.22.